The average molecular weight is 478 g/mol. The van der Waals surface area contributed by atoms with Crippen LogP contribution < -0.4 is 15.5 Å². The zero-order valence-electron chi connectivity index (χ0n) is 19.6. The Bertz CT molecular complexity index is 1160. The largest absolute Gasteiger partial charge is 0.325 e. The average Bonchev–Trinajstić information content (AvgIpc) is 3.24. The molecule has 9 heteroatoms. The molecule has 3 amide bonds. The molecule has 2 atom stereocenters. The van der Waals surface area contributed by atoms with E-state index in [1.165, 1.54) is 23.1 Å². The number of hydrogen-bond acceptors (Lipinski definition) is 5. The fourth-order valence-corrected chi connectivity index (χ4v) is 4.56. The van der Waals surface area contributed by atoms with Gasteiger partial charge in [-0.25, -0.2) is 4.39 Å². The lowest BCUT2D eigenvalue weighted by Crippen LogP contribution is -2.42. The zero-order chi connectivity index (χ0) is 24.9. The van der Waals surface area contributed by atoms with Crippen molar-refractivity contribution in [3.05, 3.63) is 53.8 Å². The second-order valence-corrected chi connectivity index (χ2v) is 9.11. The van der Waals surface area contributed by atoms with Gasteiger partial charge in [-0.15, -0.1) is 0 Å². The molecule has 2 aliphatic heterocycles. The summed E-state index contributed by atoms with van der Waals surface area (Å²) < 4.78 is 14.4. The molecule has 2 heterocycles. The lowest BCUT2D eigenvalue weighted by molar-refractivity contribution is -0.122. The van der Waals surface area contributed by atoms with E-state index >= 15 is 0 Å². The number of carbonyl (C=O) groups is 3. The summed E-state index contributed by atoms with van der Waals surface area (Å²) in [5, 5.41) is 14.3. The van der Waals surface area contributed by atoms with E-state index in [0.29, 0.717) is 23.0 Å². The molecule has 0 spiro atoms. The summed E-state index contributed by atoms with van der Waals surface area (Å²) in [6.07, 6.45) is 3.29. The fraction of sp³-hybridized carbons (Fsp3) is 0.385. The zero-order valence-corrected chi connectivity index (χ0v) is 19.6. The quantitative estimate of drug-likeness (QED) is 0.663. The Morgan fingerprint density at radius 2 is 1.91 bits per heavy atom. The maximum absolute atomic E-state index is 14.4. The molecule has 2 aromatic rings. The first-order chi connectivity index (χ1) is 16.8. The minimum absolute atomic E-state index is 0.00208. The van der Waals surface area contributed by atoms with Crippen molar-refractivity contribution in [1.82, 2.24) is 4.90 Å². The number of benzene rings is 2. The predicted molar refractivity (Wildman–Crippen MR) is 130 cm³/mol. The van der Waals surface area contributed by atoms with Crippen LogP contribution in [0.4, 0.5) is 21.5 Å². The van der Waals surface area contributed by atoms with Crippen LogP contribution in [0.1, 0.15) is 38.2 Å². The van der Waals surface area contributed by atoms with Crippen molar-refractivity contribution in [3.8, 4) is 6.07 Å². The Morgan fingerprint density at radius 3 is 2.63 bits per heavy atom. The molecule has 0 radical (unpaired) electrons. The lowest BCUT2D eigenvalue weighted by Gasteiger charge is -2.32. The highest BCUT2D eigenvalue weighted by molar-refractivity contribution is 6.04. The summed E-state index contributed by atoms with van der Waals surface area (Å²) in [4.78, 5) is 41.4. The summed E-state index contributed by atoms with van der Waals surface area (Å²) in [7, 11) is 0. The van der Waals surface area contributed by atoms with Gasteiger partial charge in [-0.2, -0.15) is 5.26 Å². The van der Waals surface area contributed by atoms with Crippen molar-refractivity contribution in [2.45, 2.75) is 38.6 Å². The van der Waals surface area contributed by atoms with Crippen LogP contribution in [0.3, 0.4) is 0 Å². The van der Waals surface area contributed by atoms with Gasteiger partial charge < -0.3 is 15.5 Å². The molecule has 4 rings (SSSR count). The molecule has 0 bridgehead atoms. The van der Waals surface area contributed by atoms with Crippen LogP contribution >= 0.6 is 0 Å². The van der Waals surface area contributed by atoms with Gasteiger partial charge in [-0.1, -0.05) is 6.42 Å². The third-order valence-electron chi connectivity index (χ3n) is 6.60. The monoisotopic (exact) mass is 477 g/mol. The standard InChI is InChI=1S/C26H28FN5O3/c1-17-4-2-3-11-31(17)16-24(33)29-20-7-10-22(27)23(13-20)30-26(35)19-12-25(34)32(15-19)21-8-5-18(14-28)6-9-21/h5-10,13,17,19H,2-4,11-12,15-16H2,1H3,(H,29,33)(H,30,35). The number of piperidine rings is 1. The van der Waals surface area contributed by atoms with Crippen molar-refractivity contribution >= 4 is 34.8 Å². The number of nitrogens with one attached hydrogen (secondary N) is 2. The number of rotatable bonds is 6. The molecule has 182 valence electrons. The van der Waals surface area contributed by atoms with E-state index in [9.17, 15) is 18.8 Å². The number of halogens is 1. The number of carbonyl (C=O) groups excluding carboxylic acids is 3. The van der Waals surface area contributed by atoms with Crippen LogP contribution in [0.5, 0.6) is 0 Å². The molecule has 8 nitrogen and oxygen atoms in total. The molecule has 2 aliphatic rings. The van der Waals surface area contributed by atoms with Crippen LogP contribution in [0.25, 0.3) is 0 Å². The van der Waals surface area contributed by atoms with E-state index in [1.807, 2.05) is 6.07 Å². The van der Waals surface area contributed by atoms with Gasteiger partial charge >= 0.3 is 0 Å². The first-order valence-corrected chi connectivity index (χ1v) is 11.8. The number of nitriles is 1. The Labute approximate surface area is 203 Å². The summed E-state index contributed by atoms with van der Waals surface area (Å²) in [5.41, 5.74) is 1.41. The SMILES string of the molecule is CC1CCCCN1CC(=O)Nc1ccc(F)c(NC(=O)C2CC(=O)N(c3ccc(C#N)cc3)C2)c1. The van der Waals surface area contributed by atoms with Gasteiger partial charge in [-0.3, -0.25) is 19.3 Å². The molecule has 2 saturated heterocycles. The number of hydrogen-bond donors (Lipinski definition) is 2. The summed E-state index contributed by atoms with van der Waals surface area (Å²) >= 11 is 0. The topological polar surface area (TPSA) is 106 Å². The van der Waals surface area contributed by atoms with Gasteiger partial charge in [0.2, 0.25) is 17.7 Å². The van der Waals surface area contributed by atoms with Crippen LogP contribution in [0.2, 0.25) is 0 Å². The Kier molecular flexibility index (Phi) is 7.42. The van der Waals surface area contributed by atoms with E-state index < -0.39 is 17.6 Å². The molecular formula is C26H28FN5O3. The first-order valence-electron chi connectivity index (χ1n) is 11.8. The van der Waals surface area contributed by atoms with Gasteiger partial charge in [0, 0.05) is 30.4 Å². The Hall–Kier alpha value is -3.77. The van der Waals surface area contributed by atoms with Crippen molar-refractivity contribution in [3.63, 3.8) is 0 Å². The van der Waals surface area contributed by atoms with Gasteiger partial charge in [0.05, 0.1) is 29.8 Å². The second-order valence-electron chi connectivity index (χ2n) is 9.11. The minimum Gasteiger partial charge on any atom is -0.325 e. The third kappa shape index (κ3) is 5.84. The molecular weight excluding hydrogens is 449 g/mol. The van der Waals surface area contributed by atoms with E-state index in [1.54, 1.807) is 24.3 Å². The highest BCUT2D eigenvalue weighted by Crippen LogP contribution is 2.27. The minimum atomic E-state index is -0.656. The second kappa shape index (κ2) is 10.7. The normalized spacial score (nSPS) is 20.4. The smallest absolute Gasteiger partial charge is 0.238 e. The van der Waals surface area contributed by atoms with Gasteiger partial charge in [0.1, 0.15) is 5.82 Å². The molecule has 2 fully saturated rings. The number of likely N-dealkylation sites (tertiary alicyclic amines) is 1. The molecule has 2 aromatic carbocycles. The molecule has 2 N–H and O–H groups in total. The first kappa shape index (κ1) is 24.4. The highest BCUT2D eigenvalue weighted by atomic mass is 19.1. The van der Waals surface area contributed by atoms with Crippen molar-refractivity contribution in [2.24, 2.45) is 5.92 Å². The van der Waals surface area contributed by atoms with E-state index in [-0.39, 0.29) is 37.0 Å². The van der Waals surface area contributed by atoms with Crippen LogP contribution in [0, 0.1) is 23.1 Å². The van der Waals surface area contributed by atoms with Crippen LogP contribution in [-0.2, 0) is 14.4 Å². The molecule has 0 aliphatic carbocycles. The highest BCUT2D eigenvalue weighted by Gasteiger charge is 2.35. The number of amides is 3. The van der Waals surface area contributed by atoms with E-state index in [0.717, 1.165) is 25.8 Å². The maximum atomic E-state index is 14.4. The van der Waals surface area contributed by atoms with Crippen molar-refractivity contribution < 1.29 is 18.8 Å². The van der Waals surface area contributed by atoms with Crippen LogP contribution in [0.15, 0.2) is 42.5 Å². The predicted octanol–water partition coefficient (Wildman–Crippen LogP) is 3.50. The van der Waals surface area contributed by atoms with Gasteiger partial charge in [0.15, 0.2) is 0 Å². The molecule has 35 heavy (non-hydrogen) atoms. The fourth-order valence-electron chi connectivity index (χ4n) is 4.56. The molecule has 0 aromatic heterocycles. The lowest BCUT2D eigenvalue weighted by atomic mass is 10.0. The van der Waals surface area contributed by atoms with E-state index in [2.05, 4.69) is 22.5 Å². The summed E-state index contributed by atoms with van der Waals surface area (Å²) in [6.45, 7) is 3.39. The van der Waals surface area contributed by atoms with Gasteiger partial charge in [0.25, 0.3) is 0 Å². The number of nitrogens with zero attached hydrogens (tertiary/aromatic N) is 3. The van der Waals surface area contributed by atoms with Crippen molar-refractivity contribution in [1.29, 1.82) is 5.26 Å². The third-order valence-corrected chi connectivity index (χ3v) is 6.60. The van der Waals surface area contributed by atoms with E-state index in [4.69, 9.17) is 5.26 Å². The van der Waals surface area contributed by atoms with Crippen LogP contribution in [-0.4, -0.2) is 48.3 Å². The summed E-state index contributed by atoms with van der Waals surface area (Å²) in [6, 6.07) is 12.9. The summed E-state index contributed by atoms with van der Waals surface area (Å²) in [5.74, 6) is -2.17. The number of anilines is 3. The molecule has 2 unspecified atom stereocenters. The van der Waals surface area contributed by atoms with Gasteiger partial charge in [-0.05, 0) is 68.8 Å². The Morgan fingerprint density at radius 1 is 1.14 bits per heavy atom. The maximum Gasteiger partial charge on any atom is 0.238 e. The van der Waals surface area contributed by atoms with Crippen molar-refractivity contribution in [2.75, 3.05) is 35.2 Å². The Balaban J connectivity index is 1.37. The molecule has 0 saturated carbocycles.